The number of anilines is 1. The summed E-state index contributed by atoms with van der Waals surface area (Å²) in [6.45, 7) is 1.83. The van der Waals surface area contributed by atoms with Crippen LogP contribution in [0, 0.1) is 12.7 Å². The summed E-state index contributed by atoms with van der Waals surface area (Å²) in [6.07, 6.45) is 0. The molecule has 0 fully saturated rings. The average molecular weight is 194 g/mol. The highest BCUT2D eigenvalue weighted by Gasteiger charge is 2.00. The van der Waals surface area contributed by atoms with Gasteiger partial charge < -0.3 is 5.73 Å². The molecule has 0 heterocycles. The summed E-state index contributed by atoms with van der Waals surface area (Å²) >= 11 is 4.02. The van der Waals surface area contributed by atoms with Gasteiger partial charge in [0, 0.05) is 4.90 Å². The lowest BCUT2D eigenvalue weighted by Crippen LogP contribution is -1.91. The van der Waals surface area contributed by atoms with Gasteiger partial charge in [0.2, 0.25) is 0 Å². The third-order valence-corrected chi connectivity index (χ3v) is 1.80. The molecule has 0 atom stereocenters. The highest BCUT2D eigenvalue weighted by molar-refractivity contribution is 7.80. The molecule has 1 aromatic carbocycles. The summed E-state index contributed by atoms with van der Waals surface area (Å²) < 4.78 is 12.6. The molecule has 4 heteroatoms. The Bertz CT molecular complexity index is 215. The second-order valence-electron chi connectivity index (χ2n) is 2.16. The summed E-state index contributed by atoms with van der Waals surface area (Å²) in [5.41, 5.74) is 6.35. The van der Waals surface area contributed by atoms with Crippen molar-refractivity contribution in [2.45, 2.75) is 11.8 Å². The van der Waals surface area contributed by atoms with Crippen LogP contribution in [0.5, 0.6) is 0 Å². The minimum atomic E-state index is -0.407. The van der Waals surface area contributed by atoms with Crippen molar-refractivity contribution in [3.05, 3.63) is 23.5 Å². The Hall–Kier alpha value is -0.410. The Labute approximate surface area is 76.6 Å². The molecule has 0 saturated heterocycles. The van der Waals surface area contributed by atoms with E-state index in [0.717, 1.165) is 5.56 Å². The van der Waals surface area contributed by atoms with Crippen molar-refractivity contribution in [3.8, 4) is 0 Å². The maximum Gasteiger partial charge on any atom is 0.147 e. The molecule has 0 unspecified atom stereocenters. The van der Waals surface area contributed by atoms with Crippen LogP contribution in [-0.4, -0.2) is 0 Å². The van der Waals surface area contributed by atoms with Crippen molar-refractivity contribution in [3.63, 3.8) is 0 Å². The first-order valence-corrected chi connectivity index (χ1v) is 3.30. The molecule has 0 radical (unpaired) electrons. The second-order valence-corrected chi connectivity index (χ2v) is 2.64. The summed E-state index contributed by atoms with van der Waals surface area (Å²) in [5.74, 6) is -0.407. The van der Waals surface area contributed by atoms with Gasteiger partial charge in [-0.15, -0.1) is 25.0 Å². The minimum absolute atomic E-state index is 0. The number of halogens is 2. The average Bonchev–Trinajstić information content (AvgIpc) is 1.84. The van der Waals surface area contributed by atoms with E-state index in [4.69, 9.17) is 5.73 Å². The lowest BCUT2D eigenvalue weighted by atomic mass is 10.2. The predicted octanol–water partition coefficient (Wildman–Crippen LogP) is 2.43. The van der Waals surface area contributed by atoms with Gasteiger partial charge in [-0.3, -0.25) is 0 Å². The van der Waals surface area contributed by atoms with Gasteiger partial charge in [0.1, 0.15) is 5.82 Å². The Morgan fingerprint density at radius 1 is 1.45 bits per heavy atom. The molecule has 62 valence electrons. The monoisotopic (exact) mass is 193 g/mol. The first-order chi connectivity index (χ1) is 4.61. The quantitative estimate of drug-likeness (QED) is 0.481. The molecule has 0 amide bonds. The summed E-state index contributed by atoms with van der Waals surface area (Å²) in [6, 6.07) is 2.88. The fourth-order valence-corrected chi connectivity index (χ4v) is 0.871. The highest BCUT2D eigenvalue weighted by atomic mass is 35.5. The lowest BCUT2D eigenvalue weighted by Gasteiger charge is -2.00. The van der Waals surface area contributed by atoms with Crippen LogP contribution in [0.1, 0.15) is 5.56 Å². The van der Waals surface area contributed by atoms with Crippen molar-refractivity contribution in [1.82, 2.24) is 0 Å². The molecule has 11 heavy (non-hydrogen) atoms. The van der Waals surface area contributed by atoms with Crippen molar-refractivity contribution in [2.75, 3.05) is 5.73 Å². The number of thiol groups is 1. The first kappa shape index (κ1) is 10.6. The van der Waals surface area contributed by atoms with Crippen molar-refractivity contribution < 1.29 is 4.39 Å². The fourth-order valence-electron chi connectivity index (χ4n) is 0.693. The molecule has 0 aliphatic carbocycles. The van der Waals surface area contributed by atoms with Crippen LogP contribution in [0.4, 0.5) is 10.1 Å². The molecule has 0 aliphatic rings. The van der Waals surface area contributed by atoms with Crippen LogP contribution in [-0.2, 0) is 0 Å². The van der Waals surface area contributed by atoms with E-state index in [1.807, 2.05) is 6.92 Å². The molecule has 0 saturated carbocycles. The number of hydrogen-bond donors (Lipinski definition) is 2. The van der Waals surface area contributed by atoms with E-state index in [0.29, 0.717) is 4.90 Å². The predicted molar refractivity (Wildman–Crippen MR) is 50.0 cm³/mol. The maximum absolute atomic E-state index is 12.6. The molecule has 2 N–H and O–H groups in total. The zero-order valence-electron chi connectivity index (χ0n) is 5.97. The molecule has 1 rings (SSSR count). The van der Waals surface area contributed by atoms with Crippen LogP contribution in [0.3, 0.4) is 0 Å². The number of aryl methyl sites for hydroxylation is 1. The largest absolute Gasteiger partial charge is 0.396 e. The summed E-state index contributed by atoms with van der Waals surface area (Å²) in [5, 5.41) is 0. The van der Waals surface area contributed by atoms with E-state index in [9.17, 15) is 4.39 Å². The minimum Gasteiger partial charge on any atom is -0.396 e. The zero-order chi connectivity index (χ0) is 7.72. The normalized spacial score (nSPS) is 9.00. The molecule has 1 nitrogen and oxygen atoms in total. The molecule has 0 aromatic heterocycles. The molecule has 0 aliphatic heterocycles. The molecule has 0 spiro atoms. The standard InChI is InChI=1S/C7H8FNS.ClH/c1-4-2-6(9)5(8)3-7(4)10;/h2-3,10H,9H2,1H3;1H. The molecular weight excluding hydrogens is 185 g/mol. The SMILES string of the molecule is Cc1cc(N)c(F)cc1S.Cl. The number of nitrogen functional groups attached to an aromatic ring is 1. The van der Waals surface area contributed by atoms with E-state index < -0.39 is 5.82 Å². The van der Waals surface area contributed by atoms with E-state index in [2.05, 4.69) is 12.6 Å². The van der Waals surface area contributed by atoms with Gasteiger partial charge >= 0.3 is 0 Å². The number of benzene rings is 1. The topological polar surface area (TPSA) is 26.0 Å². The second kappa shape index (κ2) is 3.83. The van der Waals surface area contributed by atoms with Crippen LogP contribution in [0.15, 0.2) is 17.0 Å². The van der Waals surface area contributed by atoms with E-state index >= 15 is 0 Å². The Morgan fingerprint density at radius 2 is 2.00 bits per heavy atom. The van der Waals surface area contributed by atoms with Crippen LogP contribution >= 0.6 is 25.0 Å². The van der Waals surface area contributed by atoms with E-state index in [1.54, 1.807) is 6.07 Å². The molecular formula is C7H9ClFNS. The summed E-state index contributed by atoms with van der Waals surface area (Å²) in [7, 11) is 0. The Balaban J connectivity index is 0.000001000. The number of rotatable bonds is 0. The van der Waals surface area contributed by atoms with E-state index in [1.165, 1.54) is 6.07 Å². The van der Waals surface area contributed by atoms with Gasteiger partial charge in [0.25, 0.3) is 0 Å². The van der Waals surface area contributed by atoms with Crippen LogP contribution < -0.4 is 5.73 Å². The van der Waals surface area contributed by atoms with Gasteiger partial charge in [-0.05, 0) is 24.6 Å². The number of nitrogens with two attached hydrogens (primary N) is 1. The molecule has 0 bridgehead atoms. The van der Waals surface area contributed by atoms with Crippen molar-refractivity contribution in [2.24, 2.45) is 0 Å². The van der Waals surface area contributed by atoms with Gasteiger partial charge in [-0.2, -0.15) is 0 Å². The lowest BCUT2D eigenvalue weighted by molar-refractivity contribution is 0.628. The number of hydrogen-bond acceptors (Lipinski definition) is 2. The van der Waals surface area contributed by atoms with Gasteiger partial charge in [-0.25, -0.2) is 4.39 Å². The van der Waals surface area contributed by atoms with Gasteiger partial charge in [-0.1, -0.05) is 0 Å². The molecule has 1 aromatic rings. The van der Waals surface area contributed by atoms with Crippen LogP contribution in [0.25, 0.3) is 0 Å². The van der Waals surface area contributed by atoms with Gasteiger partial charge in [0.05, 0.1) is 5.69 Å². The van der Waals surface area contributed by atoms with Crippen molar-refractivity contribution in [1.29, 1.82) is 0 Å². The van der Waals surface area contributed by atoms with Gasteiger partial charge in [0.15, 0.2) is 0 Å². The third-order valence-electron chi connectivity index (χ3n) is 1.32. The summed E-state index contributed by atoms with van der Waals surface area (Å²) in [4.78, 5) is 0.631. The first-order valence-electron chi connectivity index (χ1n) is 2.86. The van der Waals surface area contributed by atoms with E-state index in [-0.39, 0.29) is 18.1 Å². The maximum atomic E-state index is 12.6. The Morgan fingerprint density at radius 3 is 2.45 bits per heavy atom. The third kappa shape index (κ3) is 2.27. The van der Waals surface area contributed by atoms with Crippen molar-refractivity contribution >= 4 is 30.7 Å². The highest BCUT2D eigenvalue weighted by Crippen LogP contribution is 2.19. The smallest absolute Gasteiger partial charge is 0.147 e. The Kier molecular flexibility index (Phi) is 3.69. The zero-order valence-corrected chi connectivity index (χ0v) is 7.68. The fraction of sp³-hybridized carbons (Fsp3) is 0.143. The van der Waals surface area contributed by atoms with Crippen LogP contribution in [0.2, 0.25) is 0 Å².